The maximum atomic E-state index is 14.0. The van der Waals surface area contributed by atoms with Crippen LogP contribution >= 0.6 is 0 Å². The number of ether oxygens (including phenoxy) is 2. The molecule has 2 aliphatic heterocycles. The molecule has 0 bridgehead atoms. The Morgan fingerprint density at radius 2 is 1.86 bits per heavy atom. The van der Waals surface area contributed by atoms with Crippen molar-refractivity contribution in [1.82, 2.24) is 19.8 Å². The standard InChI is InChI=1S/C31H38F2N6O4/c1-19(35-21-6-7-24(32)25(33)16-21)23-14-20(15-26-28(23)36-27(17-34-26)38-10-12-42-13-11-38)29(40)39-9-8-22(18-39)37(5)30(41)43-31(2,3)4/h6-7,14-17,19,22,35H,8-13,18H2,1-5H3/t19?,22-/m0/s1. The molecule has 43 heavy (non-hydrogen) atoms. The van der Waals surface area contributed by atoms with Crippen LogP contribution in [0.1, 0.15) is 56.1 Å². The zero-order valence-corrected chi connectivity index (χ0v) is 25.2. The Morgan fingerprint density at radius 3 is 2.56 bits per heavy atom. The first-order valence-electron chi connectivity index (χ1n) is 14.5. The molecule has 2 amide bonds. The third-order valence-corrected chi connectivity index (χ3v) is 7.70. The van der Waals surface area contributed by atoms with Gasteiger partial charge in [0, 0.05) is 56.1 Å². The molecule has 2 aromatic carbocycles. The monoisotopic (exact) mass is 596 g/mol. The van der Waals surface area contributed by atoms with E-state index in [0.29, 0.717) is 79.5 Å². The Labute approximate surface area is 250 Å². The number of benzene rings is 2. The minimum Gasteiger partial charge on any atom is -0.444 e. The van der Waals surface area contributed by atoms with Crippen LogP contribution in [-0.4, -0.2) is 89.9 Å². The summed E-state index contributed by atoms with van der Waals surface area (Å²) in [6.07, 6.45) is 1.89. The van der Waals surface area contributed by atoms with Gasteiger partial charge in [-0.25, -0.2) is 18.6 Å². The quantitative estimate of drug-likeness (QED) is 0.425. The third kappa shape index (κ3) is 6.96. The van der Waals surface area contributed by atoms with E-state index < -0.39 is 29.4 Å². The molecule has 0 saturated carbocycles. The second-order valence-corrected chi connectivity index (χ2v) is 12.0. The number of likely N-dealkylation sites (tertiary alicyclic amines) is 1. The molecule has 230 valence electrons. The number of nitrogens with one attached hydrogen (secondary N) is 1. The number of aromatic nitrogens is 2. The molecule has 1 N–H and O–H groups in total. The van der Waals surface area contributed by atoms with Crippen LogP contribution in [0.5, 0.6) is 0 Å². The fourth-order valence-corrected chi connectivity index (χ4v) is 5.35. The highest BCUT2D eigenvalue weighted by molar-refractivity contribution is 5.98. The SMILES string of the molecule is CC(Nc1ccc(F)c(F)c1)c1cc(C(=O)N2CC[C@H](N(C)C(=O)OC(C)(C)C)C2)cc2ncc(N3CCOCC3)nc12. The second-order valence-electron chi connectivity index (χ2n) is 12.0. The van der Waals surface area contributed by atoms with Crippen LogP contribution < -0.4 is 10.2 Å². The van der Waals surface area contributed by atoms with E-state index in [1.54, 1.807) is 35.2 Å². The topological polar surface area (TPSA) is 100 Å². The minimum absolute atomic E-state index is 0.177. The first-order valence-corrected chi connectivity index (χ1v) is 14.5. The molecule has 0 radical (unpaired) electrons. The summed E-state index contributed by atoms with van der Waals surface area (Å²) >= 11 is 0. The number of hydrogen-bond acceptors (Lipinski definition) is 8. The molecule has 2 fully saturated rings. The van der Waals surface area contributed by atoms with Gasteiger partial charge >= 0.3 is 6.09 Å². The predicted molar refractivity (Wildman–Crippen MR) is 159 cm³/mol. The Morgan fingerprint density at radius 1 is 1.12 bits per heavy atom. The van der Waals surface area contributed by atoms with Crippen molar-refractivity contribution < 1.29 is 27.8 Å². The largest absolute Gasteiger partial charge is 0.444 e. The molecular weight excluding hydrogens is 558 g/mol. The number of carbonyl (C=O) groups excluding carboxylic acids is 2. The van der Waals surface area contributed by atoms with Crippen molar-refractivity contribution in [3.05, 3.63) is 59.3 Å². The first-order chi connectivity index (χ1) is 20.4. The lowest BCUT2D eigenvalue weighted by Gasteiger charge is -2.28. The number of fused-ring (bicyclic) bond motifs is 1. The van der Waals surface area contributed by atoms with Crippen molar-refractivity contribution in [3.8, 4) is 0 Å². The average molecular weight is 597 g/mol. The van der Waals surface area contributed by atoms with E-state index in [1.165, 1.54) is 6.07 Å². The number of halogens is 2. The summed E-state index contributed by atoms with van der Waals surface area (Å²) in [7, 11) is 1.69. The highest BCUT2D eigenvalue weighted by Crippen LogP contribution is 2.30. The third-order valence-electron chi connectivity index (χ3n) is 7.70. The molecule has 0 spiro atoms. The zero-order valence-electron chi connectivity index (χ0n) is 25.2. The summed E-state index contributed by atoms with van der Waals surface area (Å²) in [5.41, 5.74) is 2.03. The molecule has 3 heterocycles. The fourth-order valence-electron chi connectivity index (χ4n) is 5.35. The lowest BCUT2D eigenvalue weighted by Crippen LogP contribution is -2.42. The maximum Gasteiger partial charge on any atom is 0.410 e. The van der Waals surface area contributed by atoms with Crippen molar-refractivity contribution in [1.29, 1.82) is 0 Å². The highest BCUT2D eigenvalue weighted by atomic mass is 19.2. The number of hydrogen-bond donors (Lipinski definition) is 1. The molecule has 3 aromatic rings. The number of amides is 2. The number of carbonyl (C=O) groups is 2. The van der Waals surface area contributed by atoms with Crippen molar-refractivity contribution in [2.75, 3.05) is 56.7 Å². The Kier molecular flexibility index (Phi) is 8.68. The molecule has 0 aliphatic carbocycles. The van der Waals surface area contributed by atoms with Crippen LogP contribution in [0.2, 0.25) is 0 Å². The van der Waals surface area contributed by atoms with Gasteiger partial charge in [0.25, 0.3) is 5.91 Å². The maximum absolute atomic E-state index is 14.0. The number of morpholine rings is 1. The molecule has 12 heteroatoms. The lowest BCUT2D eigenvalue weighted by molar-refractivity contribution is 0.0226. The van der Waals surface area contributed by atoms with Gasteiger partial charge in [0.05, 0.1) is 42.5 Å². The first kappa shape index (κ1) is 30.4. The Bertz CT molecular complexity index is 1510. The smallest absolute Gasteiger partial charge is 0.410 e. The zero-order chi connectivity index (χ0) is 30.9. The van der Waals surface area contributed by atoms with Crippen LogP contribution in [0, 0.1) is 11.6 Å². The molecule has 1 unspecified atom stereocenters. The normalized spacial score (nSPS) is 18.1. The Hall–Kier alpha value is -4.06. The van der Waals surface area contributed by atoms with Gasteiger partial charge in [0.1, 0.15) is 11.4 Å². The van der Waals surface area contributed by atoms with Crippen molar-refractivity contribution in [3.63, 3.8) is 0 Å². The molecule has 1 aromatic heterocycles. The summed E-state index contributed by atoms with van der Waals surface area (Å²) in [5.74, 6) is -1.38. The predicted octanol–water partition coefficient (Wildman–Crippen LogP) is 5.00. The van der Waals surface area contributed by atoms with E-state index >= 15 is 0 Å². The van der Waals surface area contributed by atoms with Gasteiger partial charge in [-0.05, 0) is 58.4 Å². The van der Waals surface area contributed by atoms with E-state index in [9.17, 15) is 18.4 Å². The van der Waals surface area contributed by atoms with E-state index in [2.05, 4.69) is 15.2 Å². The van der Waals surface area contributed by atoms with Crippen LogP contribution in [0.4, 0.5) is 25.1 Å². The van der Waals surface area contributed by atoms with Crippen LogP contribution in [0.15, 0.2) is 36.5 Å². The highest BCUT2D eigenvalue weighted by Gasteiger charge is 2.34. The summed E-state index contributed by atoms with van der Waals surface area (Å²) in [6, 6.07) is 6.53. The fraction of sp³-hybridized carbons (Fsp3) is 0.484. The van der Waals surface area contributed by atoms with Crippen molar-refractivity contribution in [2.45, 2.75) is 51.8 Å². The summed E-state index contributed by atoms with van der Waals surface area (Å²) in [5, 5.41) is 3.22. The van der Waals surface area contributed by atoms with Crippen LogP contribution in [-0.2, 0) is 9.47 Å². The molecule has 5 rings (SSSR count). The van der Waals surface area contributed by atoms with Gasteiger partial charge in [-0.15, -0.1) is 0 Å². The Balaban J connectivity index is 1.44. The molecule has 2 aliphatic rings. The summed E-state index contributed by atoms with van der Waals surface area (Å²) in [4.78, 5) is 41.4. The van der Waals surface area contributed by atoms with Crippen LogP contribution in [0.25, 0.3) is 11.0 Å². The van der Waals surface area contributed by atoms with Gasteiger partial charge < -0.3 is 29.5 Å². The average Bonchev–Trinajstić information content (AvgIpc) is 3.47. The summed E-state index contributed by atoms with van der Waals surface area (Å²) < 4.78 is 38.5. The van der Waals surface area contributed by atoms with Crippen molar-refractivity contribution in [2.24, 2.45) is 0 Å². The number of nitrogens with zero attached hydrogens (tertiary/aromatic N) is 5. The van der Waals surface area contributed by atoms with Gasteiger partial charge in [0.15, 0.2) is 11.6 Å². The molecule has 10 nitrogen and oxygen atoms in total. The van der Waals surface area contributed by atoms with Gasteiger partial charge in [-0.3, -0.25) is 9.78 Å². The molecule has 2 atom stereocenters. The van der Waals surface area contributed by atoms with E-state index in [1.807, 2.05) is 27.7 Å². The number of likely N-dealkylation sites (N-methyl/N-ethyl adjacent to an activating group) is 1. The van der Waals surface area contributed by atoms with E-state index in [0.717, 1.165) is 12.1 Å². The van der Waals surface area contributed by atoms with Crippen molar-refractivity contribution >= 4 is 34.5 Å². The minimum atomic E-state index is -0.958. The number of anilines is 2. The molecular formula is C31H38F2N6O4. The molecule has 2 saturated heterocycles. The van der Waals surface area contributed by atoms with Gasteiger partial charge in [-0.1, -0.05) is 0 Å². The van der Waals surface area contributed by atoms with E-state index in [-0.39, 0.29) is 11.9 Å². The van der Waals surface area contributed by atoms with E-state index in [4.69, 9.17) is 14.5 Å². The number of rotatable bonds is 6. The lowest BCUT2D eigenvalue weighted by atomic mass is 10.0. The van der Waals surface area contributed by atoms with Gasteiger partial charge in [0.2, 0.25) is 0 Å². The van der Waals surface area contributed by atoms with Crippen LogP contribution in [0.3, 0.4) is 0 Å². The second kappa shape index (κ2) is 12.3. The van der Waals surface area contributed by atoms with Gasteiger partial charge in [-0.2, -0.15) is 0 Å². The summed E-state index contributed by atoms with van der Waals surface area (Å²) in [6.45, 7) is 10.7.